The molecule has 0 bridgehead atoms. The van der Waals surface area contributed by atoms with Gasteiger partial charge in [-0.05, 0) is 146 Å². The molecule has 0 atom stereocenters. The Labute approximate surface area is 430 Å². The molecule has 0 spiro atoms. The molecule has 2 aromatic heterocycles. The minimum atomic E-state index is -0.774. The highest BCUT2D eigenvalue weighted by Gasteiger charge is 2.32. The average molecular weight is 1020 g/mol. The Kier molecular flexibility index (Phi) is 25.0. The summed E-state index contributed by atoms with van der Waals surface area (Å²) in [4.78, 5) is 86.6. The van der Waals surface area contributed by atoms with E-state index >= 15 is 0 Å². The van der Waals surface area contributed by atoms with E-state index in [1.807, 2.05) is 21.5 Å². The quantitative estimate of drug-likeness (QED) is 0.0591. The minimum absolute atomic E-state index is 0.0659. The van der Waals surface area contributed by atoms with Gasteiger partial charge in [0.1, 0.15) is 22.4 Å². The summed E-state index contributed by atoms with van der Waals surface area (Å²) in [6.45, 7) is 39.5. The number of unbranched alkanes of at least 4 members (excludes halogenated alkanes) is 2. The zero-order valence-electron chi connectivity index (χ0n) is 47.5. The van der Waals surface area contributed by atoms with Gasteiger partial charge < -0.3 is 37.6 Å². The lowest BCUT2D eigenvalue weighted by atomic mass is 9.92. The molecule has 18 heteroatoms. The van der Waals surface area contributed by atoms with Gasteiger partial charge in [0, 0.05) is 38.6 Å². The number of imide groups is 2. The van der Waals surface area contributed by atoms with Crippen LogP contribution in [0.2, 0.25) is 0 Å². The van der Waals surface area contributed by atoms with Crippen molar-refractivity contribution in [3.8, 4) is 0 Å². The van der Waals surface area contributed by atoms with Gasteiger partial charge in [0.2, 0.25) is 0 Å². The topological polar surface area (TPSA) is 200 Å². The summed E-state index contributed by atoms with van der Waals surface area (Å²) in [6.07, 6.45) is 11.0. The van der Waals surface area contributed by atoms with Crippen molar-refractivity contribution in [2.75, 3.05) is 26.3 Å². The highest BCUT2D eigenvalue weighted by atomic mass is 16.6. The standard InChI is InChI=1S/2C27H45N3O6/c2*1-11-34-22(31)20(21-18-29(19-28-21)17-15-25(2,3)4)14-12-13-16-30(23(32)35-26(5,6)7)24(33)36-27(8,9)10/h2*14,18-19H,11-13,15-17H2,1-10H3/b20-14+;20-14-. The number of nitrogens with zero attached hydrogens (tertiary/aromatic N) is 6. The predicted molar refractivity (Wildman–Crippen MR) is 279 cm³/mol. The van der Waals surface area contributed by atoms with Gasteiger partial charge in [-0.1, -0.05) is 53.7 Å². The maximum Gasteiger partial charge on any atom is 0.419 e. The fourth-order valence-corrected chi connectivity index (χ4v) is 5.95. The molecule has 4 amide bonds. The third-order valence-corrected chi connectivity index (χ3v) is 9.37. The van der Waals surface area contributed by atoms with E-state index in [0.29, 0.717) is 48.2 Å². The summed E-state index contributed by atoms with van der Waals surface area (Å²) in [5, 5.41) is 0. The Morgan fingerprint density at radius 3 is 1.00 bits per heavy atom. The number of aromatic nitrogens is 4. The lowest BCUT2D eigenvalue weighted by Crippen LogP contribution is -2.44. The molecule has 2 heterocycles. The first kappa shape index (κ1) is 64.3. The van der Waals surface area contributed by atoms with Gasteiger partial charge in [0.05, 0.1) is 48.4 Å². The molecule has 72 heavy (non-hydrogen) atoms. The molecule has 0 saturated carbocycles. The van der Waals surface area contributed by atoms with Gasteiger partial charge in [-0.3, -0.25) is 0 Å². The van der Waals surface area contributed by atoms with Crippen LogP contribution in [0, 0.1) is 10.8 Å². The molecular weight excluding hydrogens is 925 g/mol. The van der Waals surface area contributed by atoms with E-state index in [9.17, 15) is 28.8 Å². The molecule has 0 aliphatic rings. The van der Waals surface area contributed by atoms with Crippen molar-refractivity contribution in [2.24, 2.45) is 10.8 Å². The molecule has 2 aromatic rings. The first-order valence-corrected chi connectivity index (χ1v) is 25.1. The van der Waals surface area contributed by atoms with E-state index in [0.717, 1.165) is 35.7 Å². The SMILES string of the molecule is CCOC(=O)/C(=C/CCCN(C(=O)OC(C)(C)C)C(=O)OC(C)(C)C)c1cn(CCC(C)(C)C)cn1.CCOC(=O)/C(=C\CCCN(C(=O)OC(C)(C)C)C(=O)OC(C)(C)C)c1cn(CCC(C)(C)C)cn1. The minimum Gasteiger partial charge on any atom is -0.462 e. The van der Waals surface area contributed by atoms with Crippen LogP contribution in [0.15, 0.2) is 37.2 Å². The van der Waals surface area contributed by atoms with E-state index in [4.69, 9.17) is 28.4 Å². The van der Waals surface area contributed by atoms with Crippen molar-refractivity contribution < 1.29 is 57.2 Å². The Balaban J connectivity index is 0.000000720. The number of ether oxygens (including phenoxy) is 6. The van der Waals surface area contributed by atoms with Gasteiger partial charge in [0.25, 0.3) is 0 Å². The highest BCUT2D eigenvalue weighted by molar-refractivity contribution is 6.16. The maximum atomic E-state index is 12.7. The Bertz CT molecular complexity index is 1920. The van der Waals surface area contributed by atoms with Crippen LogP contribution in [0.5, 0.6) is 0 Å². The van der Waals surface area contributed by atoms with E-state index in [-0.39, 0.29) is 37.1 Å². The van der Waals surface area contributed by atoms with Crippen molar-refractivity contribution >= 4 is 47.5 Å². The largest absolute Gasteiger partial charge is 0.462 e. The molecule has 0 aliphatic heterocycles. The van der Waals surface area contributed by atoms with Crippen molar-refractivity contribution in [1.29, 1.82) is 0 Å². The van der Waals surface area contributed by atoms with Crippen LogP contribution in [0.4, 0.5) is 19.2 Å². The summed E-state index contributed by atoms with van der Waals surface area (Å²) in [5.74, 6) is -0.926. The lowest BCUT2D eigenvalue weighted by molar-refractivity contribution is -0.137. The smallest absolute Gasteiger partial charge is 0.419 e. The fraction of sp³-hybridized carbons (Fsp3) is 0.704. The summed E-state index contributed by atoms with van der Waals surface area (Å²) < 4.78 is 35.9. The zero-order chi connectivity index (χ0) is 55.5. The second-order valence-corrected chi connectivity index (χ2v) is 23.8. The van der Waals surface area contributed by atoms with Gasteiger partial charge in [-0.25, -0.2) is 48.5 Å². The molecule has 408 valence electrons. The van der Waals surface area contributed by atoms with Crippen LogP contribution in [-0.4, -0.2) is 114 Å². The monoisotopic (exact) mass is 1010 g/mol. The molecule has 0 radical (unpaired) electrons. The Hall–Kier alpha value is -5.68. The number of carbonyl (C=O) groups is 6. The third-order valence-electron chi connectivity index (χ3n) is 9.37. The molecule has 0 unspecified atom stereocenters. The Morgan fingerprint density at radius 1 is 0.486 bits per heavy atom. The fourth-order valence-electron chi connectivity index (χ4n) is 5.95. The number of aryl methyl sites for hydroxylation is 2. The van der Waals surface area contributed by atoms with Crippen molar-refractivity contribution in [3.63, 3.8) is 0 Å². The van der Waals surface area contributed by atoms with Crippen LogP contribution in [-0.2, 0) is 51.1 Å². The molecule has 2 rings (SSSR count). The van der Waals surface area contributed by atoms with E-state index in [1.54, 1.807) is 122 Å². The van der Waals surface area contributed by atoms with Gasteiger partial charge in [-0.2, -0.15) is 0 Å². The highest BCUT2D eigenvalue weighted by Crippen LogP contribution is 2.24. The normalized spacial score (nSPS) is 12.8. The number of rotatable bonds is 18. The third kappa shape index (κ3) is 27.8. The van der Waals surface area contributed by atoms with Crippen LogP contribution in [0.25, 0.3) is 11.1 Å². The summed E-state index contributed by atoms with van der Waals surface area (Å²) in [5.41, 5.74) is -0.936. The van der Waals surface area contributed by atoms with Crippen LogP contribution < -0.4 is 0 Å². The summed E-state index contributed by atoms with van der Waals surface area (Å²) in [6, 6.07) is 0. The molecule has 0 fully saturated rings. The van der Waals surface area contributed by atoms with Crippen molar-refractivity contribution in [1.82, 2.24) is 28.9 Å². The number of hydrogen-bond donors (Lipinski definition) is 0. The predicted octanol–water partition coefficient (Wildman–Crippen LogP) is 12.4. The summed E-state index contributed by atoms with van der Waals surface area (Å²) >= 11 is 0. The number of esters is 2. The van der Waals surface area contributed by atoms with Crippen molar-refractivity contribution in [3.05, 3.63) is 48.6 Å². The number of hydrogen-bond acceptors (Lipinski definition) is 14. The summed E-state index contributed by atoms with van der Waals surface area (Å²) in [7, 11) is 0. The second-order valence-electron chi connectivity index (χ2n) is 23.8. The first-order chi connectivity index (χ1) is 32.8. The molecule has 0 aliphatic carbocycles. The molecule has 0 N–H and O–H groups in total. The van der Waals surface area contributed by atoms with Crippen molar-refractivity contribution in [2.45, 2.75) is 212 Å². The zero-order valence-corrected chi connectivity index (χ0v) is 47.5. The number of imidazole rings is 2. The van der Waals surface area contributed by atoms with Crippen LogP contribution in [0.3, 0.4) is 0 Å². The first-order valence-electron chi connectivity index (χ1n) is 25.1. The second kappa shape index (κ2) is 28.0. The maximum absolute atomic E-state index is 12.7. The average Bonchev–Trinajstić information content (AvgIpc) is 3.86. The number of allylic oxidation sites excluding steroid dienone is 2. The number of carbonyl (C=O) groups excluding carboxylic acids is 6. The molecule has 0 aromatic carbocycles. The van der Waals surface area contributed by atoms with Gasteiger partial charge >= 0.3 is 36.3 Å². The van der Waals surface area contributed by atoms with Crippen LogP contribution in [0.1, 0.15) is 188 Å². The molecular formula is C54H90N6O12. The van der Waals surface area contributed by atoms with E-state index in [1.165, 1.54) is 0 Å². The van der Waals surface area contributed by atoms with Crippen LogP contribution >= 0.6 is 0 Å². The number of amides is 4. The van der Waals surface area contributed by atoms with Gasteiger partial charge in [-0.15, -0.1) is 0 Å². The van der Waals surface area contributed by atoms with Gasteiger partial charge in [0.15, 0.2) is 0 Å². The lowest BCUT2D eigenvalue weighted by Gasteiger charge is -2.28. The van der Waals surface area contributed by atoms with E-state index < -0.39 is 58.7 Å². The molecule has 0 saturated heterocycles. The Morgan fingerprint density at radius 2 is 0.764 bits per heavy atom. The molecule has 18 nitrogen and oxygen atoms in total. The van der Waals surface area contributed by atoms with E-state index in [2.05, 4.69) is 51.5 Å².